The van der Waals surface area contributed by atoms with Crippen molar-refractivity contribution in [1.82, 2.24) is 4.90 Å². The zero-order chi connectivity index (χ0) is 13.9. The molecule has 1 N–H and O–H groups in total. The number of hydrogen-bond donors (Lipinski definition) is 1. The lowest BCUT2D eigenvalue weighted by Crippen LogP contribution is -2.43. The second-order valence-electron chi connectivity index (χ2n) is 6.07. The number of rotatable bonds is 7. The maximum Gasteiger partial charge on any atom is 0.0900 e. The summed E-state index contributed by atoms with van der Waals surface area (Å²) in [6.07, 6.45) is 4.48. The molecule has 2 aliphatic rings. The smallest absolute Gasteiger partial charge is 0.0900 e. The minimum absolute atomic E-state index is 0.362. The standard InChI is InChI=1S/C17H25NO2/c1-2-20-12-17(19)11-18(15-7-8-15)16-9-13-5-3-4-6-14(13)10-16/h3-6,15-17,19H,2,7-12H2,1H3/t17-/m1/s1. The number of aliphatic hydroxyl groups is 1. The second kappa shape index (κ2) is 6.25. The molecular formula is C17H25NO2. The molecular weight excluding hydrogens is 250 g/mol. The van der Waals surface area contributed by atoms with Crippen molar-refractivity contribution in [2.24, 2.45) is 0 Å². The van der Waals surface area contributed by atoms with Crippen LogP contribution in [0.15, 0.2) is 24.3 Å². The highest BCUT2D eigenvalue weighted by atomic mass is 16.5. The quantitative estimate of drug-likeness (QED) is 0.826. The van der Waals surface area contributed by atoms with Crippen LogP contribution >= 0.6 is 0 Å². The number of aliphatic hydroxyl groups excluding tert-OH is 1. The van der Waals surface area contributed by atoms with Gasteiger partial charge in [0.25, 0.3) is 0 Å². The second-order valence-corrected chi connectivity index (χ2v) is 6.07. The highest BCUT2D eigenvalue weighted by Gasteiger charge is 2.37. The van der Waals surface area contributed by atoms with Gasteiger partial charge >= 0.3 is 0 Å². The summed E-state index contributed by atoms with van der Waals surface area (Å²) in [7, 11) is 0. The van der Waals surface area contributed by atoms with Crippen molar-refractivity contribution in [3.8, 4) is 0 Å². The molecule has 3 nitrogen and oxygen atoms in total. The molecule has 20 heavy (non-hydrogen) atoms. The Bertz CT molecular complexity index is 419. The van der Waals surface area contributed by atoms with Gasteiger partial charge in [0.1, 0.15) is 0 Å². The molecule has 1 saturated carbocycles. The zero-order valence-corrected chi connectivity index (χ0v) is 12.3. The Hall–Kier alpha value is -0.900. The van der Waals surface area contributed by atoms with Gasteiger partial charge in [0.2, 0.25) is 0 Å². The number of ether oxygens (including phenoxy) is 1. The van der Waals surface area contributed by atoms with Crippen LogP contribution in [0.3, 0.4) is 0 Å². The lowest BCUT2D eigenvalue weighted by molar-refractivity contribution is 0.0108. The summed E-state index contributed by atoms with van der Waals surface area (Å²) in [5, 5.41) is 10.1. The van der Waals surface area contributed by atoms with Crippen LogP contribution in [-0.4, -0.2) is 48.0 Å². The fourth-order valence-electron chi connectivity index (χ4n) is 3.32. The highest BCUT2D eigenvalue weighted by molar-refractivity contribution is 5.33. The molecule has 0 amide bonds. The summed E-state index contributed by atoms with van der Waals surface area (Å²) >= 11 is 0. The molecule has 3 heteroatoms. The van der Waals surface area contributed by atoms with Gasteiger partial charge in [-0.3, -0.25) is 4.90 Å². The van der Waals surface area contributed by atoms with E-state index >= 15 is 0 Å². The van der Waals surface area contributed by atoms with E-state index in [4.69, 9.17) is 4.74 Å². The molecule has 2 aliphatic carbocycles. The van der Waals surface area contributed by atoms with Crippen LogP contribution < -0.4 is 0 Å². The Morgan fingerprint density at radius 2 is 1.85 bits per heavy atom. The van der Waals surface area contributed by atoms with Gasteiger partial charge in [-0.2, -0.15) is 0 Å². The molecule has 110 valence electrons. The lowest BCUT2D eigenvalue weighted by Gasteiger charge is -2.30. The van der Waals surface area contributed by atoms with Crippen LogP contribution in [0.5, 0.6) is 0 Å². The summed E-state index contributed by atoms with van der Waals surface area (Å²) in [4.78, 5) is 2.53. The van der Waals surface area contributed by atoms with E-state index in [9.17, 15) is 5.11 Å². The van der Waals surface area contributed by atoms with Gasteiger partial charge in [-0.05, 0) is 43.7 Å². The molecule has 1 aromatic carbocycles. The Balaban J connectivity index is 1.61. The molecule has 0 bridgehead atoms. The Kier molecular flexibility index (Phi) is 4.39. The third-order valence-corrected chi connectivity index (χ3v) is 4.45. The molecule has 1 aromatic rings. The van der Waals surface area contributed by atoms with Gasteiger partial charge in [-0.15, -0.1) is 0 Å². The van der Waals surface area contributed by atoms with Crippen molar-refractivity contribution in [3.63, 3.8) is 0 Å². The van der Waals surface area contributed by atoms with E-state index in [2.05, 4.69) is 29.2 Å². The molecule has 0 saturated heterocycles. The summed E-state index contributed by atoms with van der Waals surface area (Å²) in [5.74, 6) is 0. The van der Waals surface area contributed by atoms with Crippen molar-refractivity contribution < 1.29 is 9.84 Å². The summed E-state index contributed by atoms with van der Waals surface area (Å²) in [6, 6.07) is 10.0. The minimum atomic E-state index is -0.362. The number of fused-ring (bicyclic) bond motifs is 1. The van der Waals surface area contributed by atoms with Gasteiger partial charge in [0, 0.05) is 25.2 Å². The third kappa shape index (κ3) is 3.22. The molecule has 0 heterocycles. The normalized spacial score (nSPS) is 20.4. The summed E-state index contributed by atoms with van der Waals surface area (Å²) < 4.78 is 5.34. The summed E-state index contributed by atoms with van der Waals surface area (Å²) in [6.45, 7) is 3.86. The van der Waals surface area contributed by atoms with Crippen molar-refractivity contribution in [3.05, 3.63) is 35.4 Å². The number of benzene rings is 1. The first-order chi connectivity index (χ1) is 9.78. The molecule has 0 spiro atoms. The average Bonchev–Trinajstić information content (AvgIpc) is 3.20. The van der Waals surface area contributed by atoms with Crippen molar-refractivity contribution in [1.29, 1.82) is 0 Å². The lowest BCUT2D eigenvalue weighted by atomic mass is 10.1. The van der Waals surface area contributed by atoms with Gasteiger partial charge in [-0.1, -0.05) is 24.3 Å². The molecule has 1 fully saturated rings. The number of hydrogen-bond acceptors (Lipinski definition) is 3. The van der Waals surface area contributed by atoms with Gasteiger partial charge in [0.15, 0.2) is 0 Å². The maximum absolute atomic E-state index is 10.1. The first-order valence-electron chi connectivity index (χ1n) is 7.86. The zero-order valence-electron chi connectivity index (χ0n) is 12.3. The van der Waals surface area contributed by atoms with Crippen LogP contribution in [0.4, 0.5) is 0 Å². The fourth-order valence-corrected chi connectivity index (χ4v) is 3.32. The maximum atomic E-state index is 10.1. The minimum Gasteiger partial charge on any atom is -0.389 e. The van der Waals surface area contributed by atoms with Crippen LogP contribution in [0.2, 0.25) is 0 Å². The van der Waals surface area contributed by atoms with E-state index in [1.54, 1.807) is 0 Å². The first-order valence-corrected chi connectivity index (χ1v) is 7.86. The average molecular weight is 275 g/mol. The molecule has 0 radical (unpaired) electrons. The van der Waals surface area contributed by atoms with Crippen LogP contribution in [-0.2, 0) is 17.6 Å². The van der Waals surface area contributed by atoms with Crippen molar-refractivity contribution >= 4 is 0 Å². The SMILES string of the molecule is CCOC[C@H](O)CN(C1CC1)C1Cc2ccccc2C1. The predicted octanol–water partition coefficient (Wildman–Crippen LogP) is 2.02. The van der Waals surface area contributed by atoms with E-state index in [0.29, 0.717) is 25.3 Å². The van der Waals surface area contributed by atoms with E-state index in [-0.39, 0.29) is 6.10 Å². The van der Waals surface area contributed by atoms with Crippen molar-refractivity contribution in [2.45, 2.75) is 50.8 Å². The van der Waals surface area contributed by atoms with E-state index < -0.39 is 0 Å². The van der Waals surface area contributed by atoms with Gasteiger partial charge < -0.3 is 9.84 Å². The van der Waals surface area contributed by atoms with E-state index in [1.165, 1.54) is 24.0 Å². The molecule has 1 atom stereocenters. The van der Waals surface area contributed by atoms with Crippen molar-refractivity contribution in [2.75, 3.05) is 19.8 Å². The Labute approximate surface area is 121 Å². The largest absolute Gasteiger partial charge is 0.389 e. The van der Waals surface area contributed by atoms with Gasteiger partial charge in [0.05, 0.1) is 12.7 Å². The summed E-state index contributed by atoms with van der Waals surface area (Å²) in [5.41, 5.74) is 2.98. The predicted molar refractivity (Wildman–Crippen MR) is 79.9 cm³/mol. The molecule has 3 rings (SSSR count). The van der Waals surface area contributed by atoms with Crippen LogP contribution in [0.25, 0.3) is 0 Å². The monoisotopic (exact) mass is 275 g/mol. The van der Waals surface area contributed by atoms with Gasteiger partial charge in [-0.25, -0.2) is 0 Å². The van der Waals surface area contributed by atoms with E-state index in [0.717, 1.165) is 19.4 Å². The molecule has 0 aromatic heterocycles. The fraction of sp³-hybridized carbons (Fsp3) is 0.647. The molecule has 0 unspecified atom stereocenters. The Morgan fingerprint density at radius 3 is 2.40 bits per heavy atom. The first kappa shape index (κ1) is 14.1. The third-order valence-electron chi connectivity index (χ3n) is 4.45. The Morgan fingerprint density at radius 1 is 1.20 bits per heavy atom. The van der Waals surface area contributed by atoms with E-state index in [1.807, 2.05) is 6.92 Å². The van der Waals surface area contributed by atoms with Crippen LogP contribution in [0.1, 0.15) is 30.9 Å². The highest BCUT2D eigenvalue weighted by Crippen LogP contribution is 2.34. The topological polar surface area (TPSA) is 32.7 Å². The molecule has 0 aliphatic heterocycles. The number of nitrogens with zero attached hydrogens (tertiary/aromatic N) is 1. The van der Waals surface area contributed by atoms with Crippen LogP contribution in [0, 0.1) is 0 Å².